The van der Waals surface area contributed by atoms with Gasteiger partial charge in [0.15, 0.2) is 0 Å². The monoisotopic (exact) mass is 392 g/mol. The van der Waals surface area contributed by atoms with Crippen molar-refractivity contribution in [2.24, 2.45) is 5.73 Å². The van der Waals surface area contributed by atoms with E-state index in [1.165, 1.54) is 26.0 Å². The van der Waals surface area contributed by atoms with E-state index in [-0.39, 0.29) is 21.8 Å². The molecule has 0 saturated carbocycles. The zero-order chi connectivity index (χ0) is 19.9. The standard InChI is InChI=1S/C17H17ClF4N2O2/c1-15(2,25)11-7-12(16(26,8-23)17(20,21)22)24-14(13(11)18)9-3-5-10(19)6-4-9/h3-7,25-26H,8,23H2,1-2H3/t16-/m0/s1. The summed E-state index contributed by atoms with van der Waals surface area (Å²) >= 11 is 6.24. The minimum absolute atomic E-state index is 0.0837. The van der Waals surface area contributed by atoms with Crippen molar-refractivity contribution in [2.75, 3.05) is 6.54 Å². The molecular formula is C17H17ClF4N2O2. The van der Waals surface area contributed by atoms with Gasteiger partial charge in [-0.05, 0) is 44.2 Å². The number of hydrogen-bond acceptors (Lipinski definition) is 4. The molecule has 0 spiro atoms. The van der Waals surface area contributed by atoms with Crippen LogP contribution in [0, 0.1) is 5.82 Å². The largest absolute Gasteiger partial charge is 0.424 e. The Morgan fingerprint density at radius 3 is 2.08 bits per heavy atom. The molecule has 1 aromatic carbocycles. The van der Waals surface area contributed by atoms with Gasteiger partial charge in [-0.15, -0.1) is 0 Å². The fourth-order valence-electron chi connectivity index (χ4n) is 2.35. The Hall–Kier alpha value is -1.74. The highest BCUT2D eigenvalue weighted by molar-refractivity contribution is 6.34. The molecule has 142 valence electrons. The summed E-state index contributed by atoms with van der Waals surface area (Å²) in [4.78, 5) is 3.84. The number of benzene rings is 1. The molecule has 2 rings (SSSR count). The predicted octanol–water partition coefficient (Wildman–Crippen LogP) is 3.48. The second kappa shape index (κ2) is 6.77. The van der Waals surface area contributed by atoms with Crippen molar-refractivity contribution in [3.63, 3.8) is 0 Å². The van der Waals surface area contributed by atoms with Crippen molar-refractivity contribution in [3.8, 4) is 11.3 Å². The molecule has 4 nitrogen and oxygen atoms in total. The topological polar surface area (TPSA) is 79.4 Å². The summed E-state index contributed by atoms with van der Waals surface area (Å²) in [5.74, 6) is -0.558. The summed E-state index contributed by atoms with van der Waals surface area (Å²) in [7, 11) is 0. The van der Waals surface area contributed by atoms with Crippen LogP contribution in [0.25, 0.3) is 11.3 Å². The fraction of sp³-hybridized carbons (Fsp3) is 0.353. The first-order valence-corrected chi connectivity index (χ1v) is 7.88. The van der Waals surface area contributed by atoms with Crippen molar-refractivity contribution in [3.05, 3.63) is 52.4 Å². The molecule has 0 aliphatic rings. The Morgan fingerprint density at radius 1 is 1.12 bits per heavy atom. The SMILES string of the molecule is CC(C)(O)c1cc([C@@](O)(CN)C(F)(F)F)nc(-c2ccc(F)cc2)c1Cl. The number of rotatable bonds is 4. The summed E-state index contributed by atoms with van der Waals surface area (Å²) in [6.07, 6.45) is -5.11. The number of pyridine rings is 1. The molecule has 0 bridgehead atoms. The second-order valence-corrected chi connectivity index (χ2v) is 6.72. The second-order valence-electron chi connectivity index (χ2n) is 6.35. The van der Waals surface area contributed by atoms with Gasteiger partial charge in [-0.1, -0.05) is 11.6 Å². The molecule has 0 saturated heterocycles. The van der Waals surface area contributed by atoms with E-state index in [9.17, 15) is 27.8 Å². The Bertz CT molecular complexity index is 804. The van der Waals surface area contributed by atoms with Gasteiger partial charge in [0.2, 0.25) is 5.60 Å². The van der Waals surface area contributed by atoms with Crippen molar-refractivity contribution in [1.82, 2.24) is 4.98 Å². The van der Waals surface area contributed by atoms with Gasteiger partial charge < -0.3 is 15.9 Å². The van der Waals surface area contributed by atoms with Gasteiger partial charge in [-0.2, -0.15) is 13.2 Å². The minimum atomic E-state index is -5.11. The van der Waals surface area contributed by atoms with E-state index in [4.69, 9.17) is 17.3 Å². The van der Waals surface area contributed by atoms with Crippen LogP contribution in [-0.4, -0.2) is 27.9 Å². The number of nitrogens with two attached hydrogens (primary N) is 1. The molecule has 1 heterocycles. The van der Waals surface area contributed by atoms with E-state index < -0.39 is 35.4 Å². The fourth-order valence-corrected chi connectivity index (χ4v) is 2.79. The van der Waals surface area contributed by atoms with Crippen LogP contribution in [0.2, 0.25) is 5.02 Å². The van der Waals surface area contributed by atoms with E-state index >= 15 is 0 Å². The lowest BCUT2D eigenvalue weighted by Gasteiger charge is -2.31. The molecule has 9 heteroatoms. The lowest BCUT2D eigenvalue weighted by molar-refractivity contribution is -0.263. The highest BCUT2D eigenvalue weighted by Gasteiger charge is 2.55. The summed E-state index contributed by atoms with van der Waals surface area (Å²) in [5, 5.41) is 20.3. The molecule has 26 heavy (non-hydrogen) atoms. The maximum atomic E-state index is 13.4. The lowest BCUT2D eigenvalue weighted by Crippen LogP contribution is -2.49. The third kappa shape index (κ3) is 3.68. The summed E-state index contributed by atoms with van der Waals surface area (Å²) in [6.45, 7) is 1.46. The van der Waals surface area contributed by atoms with Gasteiger partial charge in [0.05, 0.1) is 22.0 Å². The number of aliphatic hydroxyl groups is 2. The Labute approximate surface area is 152 Å². The molecule has 2 aromatic rings. The van der Waals surface area contributed by atoms with Gasteiger partial charge in [0.1, 0.15) is 5.82 Å². The van der Waals surface area contributed by atoms with Gasteiger partial charge in [0.25, 0.3) is 0 Å². The van der Waals surface area contributed by atoms with Crippen LogP contribution in [0.3, 0.4) is 0 Å². The summed E-state index contributed by atoms with van der Waals surface area (Å²) in [6, 6.07) is 5.59. The number of aromatic nitrogens is 1. The van der Waals surface area contributed by atoms with Crippen molar-refractivity contribution in [2.45, 2.75) is 31.2 Å². The van der Waals surface area contributed by atoms with Crippen LogP contribution in [-0.2, 0) is 11.2 Å². The number of nitrogens with zero attached hydrogens (tertiary/aromatic N) is 1. The maximum absolute atomic E-state index is 13.4. The van der Waals surface area contributed by atoms with Crippen LogP contribution in [0.5, 0.6) is 0 Å². The molecule has 1 atom stereocenters. The maximum Gasteiger partial charge on any atom is 0.424 e. The highest BCUT2D eigenvalue weighted by Crippen LogP contribution is 2.42. The van der Waals surface area contributed by atoms with Gasteiger partial charge in [-0.25, -0.2) is 9.37 Å². The average Bonchev–Trinajstić information content (AvgIpc) is 2.53. The first-order valence-electron chi connectivity index (χ1n) is 7.50. The van der Waals surface area contributed by atoms with E-state index in [0.717, 1.165) is 18.2 Å². The zero-order valence-electron chi connectivity index (χ0n) is 13.9. The molecule has 0 radical (unpaired) electrons. The van der Waals surface area contributed by atoms with Crippen LogP contribution in [0.4, 0.5) is 17.6 Å². The van der Waals surface area contributed by atoms with E-state index in [1.54, 1.807) is 0 Å². The van der Waals surface area contributed by atoms with Gasteiger partial charge in [0, 0.05) is 17.7 Å². The molecular weight excluding hydrogens is 376 g/mol. The van der Waals surface area contributed by atoms with E-state index in [0.29, 0.717) is 0 Å². The molecule has 0 aliphatic heterocycles. The van der Waals surface area contributed by atoms with Crippen LogP contribution < -0.4 is 5.73 Å². The lowest BCUT2D eigenvalue weighted by atomic mass is 9.90. The Morgan fingerprint density at radius 2 is 1.65 bits per heavy atom. The highest BCUT2D eigenvalue weighted by atomic mass is 35.5. The van der Waals surface area contributed by atoms with Crippen LogP contribution >= 0.6 is 11.6 Å². The first kappa shape index (κ1) is 20.6. The van der Waals surface area contributed by atoms with Crippen LogP contribution in [0.1, 0.15) is 25.1 Å². The third-order valence-corrected chi connectivity index (χ3v) is 4.31. The molecule has 0 fully saturated rings. The third-order valence-electron chi connectivity index (χ3n) is 3.92. The Kier molecular flexibility index (Phi) is 5.36. The summed E-state index contributed by atoms with van der Waals surface area (Å²) < 4.78 is 53.3. The minimum Gasteiger partial charge on any atom is -0.386 e. The Balaban J connectivity index is 2.83. The van der Waals surface area contributed by atoms with Crippen molar-refractivity contribution in [1.29, 1.82) is 0 Å². The number of alkyl halides is 3. The van der Waals surface area contributed by atoms with Crippen molar-refractivity contribution < 1.29 is 27.8 Å². The van der Waals surface area contributed by atoms with Crippen molar-refractivity contribution >= 4 is 11.6 Å². The summed E-state index contributed by atoms with van der Waals surface area (Å²) in [5.41, 5.74) is -0.720. The number of hydrogen-bond donors (Lipinski definition) is 3. The predicted molar refractivity (Wildman–Crippen MR) is 88.9 cm³/mol. The molecule has 0 aliphatic carbocycles. The smallest absolute Gasteiger partial charge is 0.386 e. The first-order chi connectivity index (χ1) is 11.8. The van der Waals surface area contributed by atoms with Gasteiger partial charge in [-0.3, -0.25) is 0 Å². The average molecular weight is 393 g/mol. The van der Waals surface area contributed by atoms with E-state index in [1.807, 2.05) is 0 Å². The quantitative estimate of drug-likeness (QED) is 0.696. The molecule has 0 unspecified atom stereocenters. The number of halogens is 5. The normalized spacial score (nSPS) is 15.0. The van der Waals surface area contributed by atoms with Crippen LogP contribution in [0.15, 0.2) is 30.3 Å². The molecule has 0 amide bonds. The van der Waals surface area contributed by atoms with Gasteiger partial charge >= 0.3 is 6.18 Å². The molecule has 1 aromatic heterocycles. The zero-order valence-corrected chi connectivity index (χ0v) is 14.7. The van der Waals surface area contributed by atoms with E-state index in [2.05, 4.69) is 4.98 Å². The molecule has 4 N–H and O–H groups in total.